The van der Waals surface area contributed by atoms with Crippen LogP contribution in [0.2, 0.25) is 0 Å². The summed E-state index contributed by atoms with van der Waals surface area (Å²) in [4.78, 5) is 10.4. The van der Waals surface area contributed by atoms with Crippen LogP contribution in [0.3, 0.4) is 0 Å². The molecule has 1 aliphatic heterocycles. The van der Waals surface area contributed by atoms with Crippen molar-refractivity contribution in [2.45, 2.75) is 93.2 Å². The van der Waals surface area contributed by atoms with E-state index in [1.807, 2.05) is 6.20 Å². The summed E-state index contributed by atoms with van der Waals surface area (Å²) in [5.41, 5.74) is 17.2. The zero-order chi connectivity index (χ0) is 38.7. The van der Waals surface area contributed by atoms with E-state index in [9.17, 15) is 0 Å². The van der Waals surface area contributed by atoms with E-state index in [1.54, 1.807) is 0 Å². The predicted octanol–water partition coefficient (Wildman–Crippen LogP) is 12.8. The van der Waals surface area contributed by atoms with Gasteiger partial charge in [0, 0.05) is 34.2 Å². The molecule has 55 heavy (non-hydrogen) atoms. The van der Waals surface area contributed by atoms with Gasteiger partial charge in [0.25, 0.3) is 0 Å². The van der Waals surface area contributed by atoms with E-state index in [4.69, 9.17) is 19.5 Å². The average Bonchev–Trinajstić information content (AvgIpc) is 3.64. The highest BCUT2D eigenvalue weighted by Gasteiger charge is 2.51. The maximum absolute atomic E-state index is 7.04. The summed E-state index contributed by atoms with van der Waals surface area (Å²) in [5, 5.41) is 2.36. The van der Waals surface area contributed by atoms with Crippen LogP contribution < -0.4 is 4.74 Å². The smallest absolute Gasteiger partial charge is 0.218 e. The molecule has 0 saturated heterocycles. The Morgan fingerprint density at radius 3 is 2.18 bits per heavy atom. The van der Waals surface area contributed by atoms with E-state index < -0.39 is 5.54 Å². The zero-order valence-electron chi connectivity index (χ0n) is 33.9. The van der Waals surface area contributed by atoms with E-state index in [0.29, 0.717) is 5.90 Å². The van der Waals surface area contributed by atoms with Gasteiger partial charge in [0.15, 0.2) is 6.10 Å². The summed E-state index contributed by atoms with van der Waals surface area (Å²) >= 11 is 0. The minimum Gasteiger partial charge on any atom is -0.466 e. The van der Waals surface area contributed by atoms with Crippen molar-refractivity contribution in [2.24, 2.45) is 4.99 Å². The average molecular weight is 724 g/mol. The van der Waals surface area contributed by atoms with Crippen LogP contribution in [0.25, 0.3) is 38.8 Å². The minimum atomic E-state index is -0.581. The number of aryl methyl sites for hydroxylation is 7. The standard InChI is InChI=1S/C50H49N3O2/c1-27-12-15-41-38(20-27)36-14-13-35(25-42(36)53(41)44-24-34(16-17-51-44)49(8,9)10)54-43-26-37(30(4)23-31(43)5)48-52-50(11)40-22-29(3)19-33(7)46(40)45-32(6)18-28(2)21-39(45)47(50)55-48/h12-26,47H,1-11H3/t47-,50+/m0/s1. The SMILES string of the molecule is Cc1cc(C)c2c(c1)[C@@H]1OC(c3cc(Oc4ccc5c6cc(C)ccc6n(-c6cc(C(C)(C)C)ccn6)c5c4)c(C)cc3C)=N[C@]1(C)c1cc(C)cc(C)c1-2. The highest BCUT2D eigenvalue weighted by Crippen LogP contribution is 2.57. The number of hydrogen-bond acceptors (Lipinski definition) is 4. The van der Waals surface area contributed by atoms with E-state index in [1.165, 1.54) is 61.0 Å². The van der Waals surface area contributed by atoms with Gasteiger partial charge in [-0.1, -0.05) is 73.9 Å². The third kappa shape index (κ3) is 5.50. The quantitative estimate of drug-likeness (QED) is 0.182. The molecule has 5 heteroatoms. The van der Waals surface area contributed by atoms with Crippen molar-refractivity contribution in [3.05, 3.63) is 152 Å². The molecule has 2 atom stereocenters. The first-order valence-corrected chi connectivity index (χ1v) is 19.4. The highest BCUT2D eigenvalue weighted by atomic mass is 16.5. The van der Waals surface area contributed by atoms with Gasteiger partial charge in [0.1, 0.15) is 22.9 Å². The van der Waals surface area contributed by atoms with Gasteiger partial charge < -0.3 is 9.47 Å². The Labute approximate surface area is 324 Å². The zero-order valence-corrected chi connectivity index (χ0v) is 33.9. The molecule has 5 aromatic carbocycles. The number of pyridine rings is 1. The molecule has 0 N–H and O–H groups in total. The molecule has 5 nitrogen and oxygen atoms in total. The van der Waals surface area contributed by atoms with Crippen LogP contribution in [0.15, 0.2) is 96.1 Å². The lowest BCUT2D eigenvalue weighted by molar-refractivity contribution is 0.145. The molecule has 1 aliphatic carbocycles. The number of aliphatic imine (C=N–C) groups is 1. The normalized spacial score (nSPS) is 17.5. The van der Waals surface area contributed by atoms with Crippen molar-refractivity contribution < 1.29 is 9.47 Å². The molecule has 2 aromatic heterocycles. The monoisotopic (exact) mass is 723 g/mol. The molecule has 9 rings (SSSR count). The van der Waals surface area contributed by atoms with Gasteiger partial charge in [-0.25, -0.2) is 9.98 Å². The van der Waals surface area contributed by atoms with Gasteiger partial charge in [-0.05, 0) is 148 Å². The summed E-state index contributed by atoms with van der Waals surface area (Å²) in [6, 6.07) is 30.9. The molecular weight excluding hydrogens is 675 g/mol. The summed E-state index contributed by atoms with van der Waals surface area (Å²) < 4.78 is 16.1. The Kier molecular flexibility index (Phi) is 7.75. The van der Waals surface area contributed by atoms with Crippen molar-refractivity contribution in [3.8, 4) is 28.4 Å². The number of hydrogen-bond donors (Lipinski definition) is 0. The fraction of sp³-hybridized carbons (Fsp3) is 0.280. The third-order valence-electron chi connectivity index (χ3n) is 11.9. The molecule has 0 radical (unpaired) electrons. The molecule has 7 aromatic rings. The first-order valence-electron chi connectivity index (χ1n) is 19.4. The topological polar surface area (TPSA) is 48.6 Å². The lowest BCUT2D eigenvalue weighted by Gasteiger charge is -2.38. The van der Waals surface area contributed by atoms with E-state index in [0.717, 1.165) is 50.4 Å². The first-order chi connectivity index (χ1) is 26.1. The molecule has 0 bridgehead atoms. The number of nitrogens with zero attached hydrogens (tertiary/aromatic N) is 3. The van der Waals surface area contributed by atoms with Crippen molar-refractivity contribution in [3.63, 3.8) is 0 Å². The minimum absolute atomic E-state index is 0.00689. The van der Waals surface area contributed by atoms with Crippen LogP contribution in [0.5, 0.6) is 11.5 Å². The second-order valence-corrected chi connectivity index (χ2v) is 17.3. The van der Waals surface area contributed by atoms with Crippen LogP contribution >= 0.6 is 0 Å². The Morgan fingerprint density at radius 1 is 0.673 bits per heavy atom. The van der Waals surface area contributed by atoms with E-state index >= 15 is 0 Å². The van der Waals surface area contributed by atoms with Crippen LogP contribution in [-0.2, 0) is 15.7 Å². The van der Waals surface area contributed by atoms with Gasteiger partial charge in [-0.3, -0.25) is 4.57 Å². The Morgan fingerprint density at radius 2 is 1.42 bits per heavy atom. The Hall–Kier alpha value is -5.68. The second kappa shape index (κ2) is 12.2. The molecule has 0 unspecified atom stereocenters. The van der Waals surface area contributed by atoms with Crippen LogP contribution in [-0.4, -0.2) is 15.4 Å². The number of fused-ring (bicyclic) bond motifs is 9. The fourth-order valence-corrected chi connectivity index (χ4v) is 9.19. The van der Waals surface area contributed by atoms with E-state index in [-0.39, 0.29) is 11.5 Å². The van der Waals surface area contributed by atoms with Gasteiger partial charge >= 0.3 is 0 Å². The molecular formula is C50H49N3O2. The number of ether oxygens (including phenoxy) is 2. The maximum Gasteiger partial charge on any atom is 0.218 e. The van der Waals surface area contributed by atoms with Gasteiger partial charge in [0.05, 0.1) is 11.0 Å². The second-order valence-electron chi connectivity index (χ2n) is 17.3. The third-order valence-corrected chi connectivity index (χ3v) is 11.9. The lowest BCUT2D eigenvalue weighted by atomic mass is 9.70. The Balaban J connectivity index is 1.15. The fourth-order valence-electron chi connectivity index (χ4n) is 9.19. The molecule has 2 aliphatic rings. The summed E-state index contributed by atoms with van der Waals surface area (Å²) in [6.07, 6.45) is 1.68. The Bertz CT molecular complexity index is 2800. The predicted molar refractivity (Wildman–Crippen MR) is 227 cm³/mol. The largest absolute Gasteiger partial charge is 0.466 e. The van der Waals surface area contributed by atoms with Crippen molar-refractivity contribution >= 4 is 27.7 Å². The van der Waals surface area contributed by atoms with Crippen LogP contribution in [0, 0.1) is 48.5 Å². The van der Waals surface area contributed by atoms with Crippen molar-refractivity contribution in [2.75, 3.05) is 0 Å². The van der Waals surface area contributed by atoms with Crippen LogP contribution in [0.4, 0.5) is 0 Å². The molecule has 0 spiro atoms. The maximum atomic E-state index is 7.04. The molecule has 3 heterocycles. The first kappa shape index (κ1) is 35.0. The summed E-state index contributed by atoms with van der Waals surface area (Å²) in [6.45, 7) is 24.1. The molecule has 0 fully saturated rings. The number of rotatable bonds is 4. The molecule has 0 saturated carbocycles. The van der Waals surface area contributed by atoms with E-state index in [2.05, 4.69) is 166 Å². The number of aromatic nitrogens is 2. The lowest BCUT2D eigenvalue weighted by Crippen LogP contribution is -2.31. The molecule has 276 valence electrons. The van der Waals surface area contributed by atoms with Crippen molar-refractivity contribution in [1.82, 2.24) is 9.55 Å². The van der Waals surface area contributed by atoms with Crippen molar-refractivity contribution in [1.29, 1.82) is 0 Å². The summed E-state index contributed by atoms with van der Waals surface area (Å²) in [7, 11) is 0. The van der Waals surface area contributed by atoms with Gasteiger partial charge in [0.2, 0.25) is 5.90 Å². The summed E-state index contributed by atoms with van der Waals surface area (Å²) in [5.74, 6) is 3.08. The van der Waals surface area contributed by atoms with Gasteiger partial charge in [-0.15, -0.1) is 0 Å². The highest BCUT2D eigenvalue weighted by molar-refractivity contribution is 6.09. The van der Waals surface area contributed by atoms with Crippen LogP contribution in [0.1, 0.15) is 95.0 Å². The van der Waals surface area contributed by atoms with Gasteiger partial charge in [-0.2, -0.15) is 0 Å². The number of benzene rings is 5. The molecule has 0 amide bonds.